The monoisotopic (exact) mass is 445 g/mol. The molecule has 0 fully saturated rings. The molecule has 8 heteroatoms. The Morgan fingerprint density at radius 1 is 1.06 bits per heavy atom. The Kier molecular flexibility index (Phi) is 6.83. The zero-order chi connectivity index (χ0) is 23.2. The fourth-order valence-corrected chi connectivity index (χ4v) is 3.76. The zero-order valence-electron chi connectivity index (χ0n) is 19.2. The predicted molar refractivity (Wildman–Crippen MR) is 129 cm³/mol. The highest BCUT2D eigenvalue weighted by atomic mass is 16.5. The molecule has 0 radical (unpaired) electrons. The number of anilines is 1. The Hall–Kier alpha value is -3.94. The van der Waals surface area contributed by atoms with Gasteiger partial charge in [0.05, 0.1) is 36.7 Å². The number of hydrogen-bond acceptors (Lipinski definition) is 5. The van der Waals surface area contributed by atoms with Crippen molar-refractivity contribution in [2.45, 2.75) is 13.0 Å². The molecule has 5 rings (SSSR count). The molecule has 0 amide bonds. The lowest BCUT2D eigenvalue weighted by Crippen LogP contribution is -2.38. The summed E-state index contributed by atoms with van der Waals surface area (Å²) in [7, 11) is 4.05. The number of pyridine rings is 1. The molecule has 0 spiro atoms. The van der Waals surface area contributed by atoms with Gasteiger partial charge in [-0.05, 0) is 18.6 Å². The third-order valence-corrected chi connectivity index (χ3v) is 5.74. The molecule has 1 aromatic carbocycles. The van der Waals surface area contributed by atoms with Gasteiger partial charge in [0, 0.05) is 30.6 Å². The van der Waals surface area contributed by atoms with E-state index < -0.39 is 0 Å². The van der Waals surface area contributed by atoms with E-state index in [0.717, 1.165) is 41.8 Å². The highest BCUT2D eigenvalue weighted by molar-refractivity contribution is 5.77. The average Bonchev–Trinajstić information content (AvgIpc) is 3.47. The number of carbonyl (C=O) groups excluding carboxylic acids is 1. The fourth-order valence-electron chi connectivity index (χ4n) is 3.76. The second kappa shape index (κ2) is 10.1. The first-order valence-electron chi connectivity index (χ1n) is 10.9. The van der Waals surface area contributed by atoms with E-state index in [1.165, 1.54) is 5.69 Å². The average molecular weight is 446 g/mol. The lowest BCUT2D eigenvalue weighted by atomic mass is 10.1. The van der Waals surface area contributed by atoms with Gasteiger partial charge in [-0.3, -0.25) is 9.48 Å². The van der Waals surface area contributed by atoms with E-state index in [1.807, 2.05) is 72.1 Å². The fraction of sp³-hybridized carbons (Fsp3) is 0.280. The number of carbonyl (C=O) groups is 1. The molecule has 1 unspecified atom stereocenters. The summed E-state index contributed by atoms with van der Waals surface area (Å²) in [5.74, 6) is 0. The number of rotatable bonds is 5. The standard InChI is InChI=1S/C16H19N6.C9H10O2/c1-19-5-7-21(8-6-19)16-10-18-22-12-13(3-4-15(16)22)14-9-17-20(2)11-14;1-8(11-7-10)9-5-3-2-4-6-9/h3-5,9-12H,6-8H2,1-2H3;2-8H,1H3/q+1;. The molecule has 33 heavy (non-hydrogen) atoms. The number of nitrogens with zero attached hydrogens (tertiary/aromatic N) is 6. The van der Waals surface area contributed by atoms with Gasteiger partial charge in [-0.25, -0.2) is 9.09 Å². The van der Waals surface area contributed by atoms with Gasteiger partial charge in [-0.1, -0.05) is 36.4 Å². The molecule has 0 saturated heterocycles. The van der Waals surface area contributed by atoms with Crippen LogP contribution >= 0.6 is 0 Å². The maximum Gasteiger partial charge on any atom is 0.293 e. The number of aromatic nitrogens is 4. The summed E-state index contributed by atoms with van der Waals surface area (Å²) < 4.78 is 10.8. The van der Waals surface area contributed by atoms with Crippen molar-refractivity contribution in [3.63, 3.8) is 0 Å². The van der Waals surface area contributed by atoms with Crippen molar-refractivity contribution in [2.24, 2.45) is 7.05 Å². The summed E-state index contributed by atoms with van der Waals surface area (Å²) in [4.78, 5) is 12.3. The Morgan fingerprint density at radius 3 is 2.55 bits per heavy atom. The molecule has 8 nitrogen and oxygen atoms in total. The minimum absolute atomic E-state index is 0.145. The molecule has 1 aliphatic rings. The highest BCUT2D eigenvalue weighted by Crippen LogP contribution is 2.25. The van der Waals surface area contributed by atoms with Gasteiger partial charge in [-0.2, -0.15) is 10.2 Å². The van der Waals surface area contributed by atoms with Crippen molar-refractivity contribution < 1.29 is 14.1 Å². The van der Waals surface area contributed by atoms with E-state index >= 15 is 0 Å². The summed E-state index contributed by atoms with van der Waals surface area (Å²) in [5.41, 5.74) is 5.59. The Balaban J connectivity index is 0.000000200. The van der Waals surface area contributed by atoms with Crippen molar-refractivity contribution in [1.82, 2.24) is 19.4 Å². The normalized spacial score (nSPS) is 14.3. The molecule has 0 bridgehead atoms. The number of ether oxygens (including phenoxy) is 1. The Bertz CT molecular complexity index is 1240. The minimum Gasteiger partial charge on any atom is -0.460 e. The molecular formula is C25H29N6O2+. The molecule has 1 aliphatic heterocycles. The van der Waals surface area contributed by atoms with Crippen molar-refractivity contribution in [2.75, 3.05) is 31.6 Å². The van der Waals surface area contributed by atoms with E-state index in [0.29, 0.717) is 6.47 Å². The molecule has 4 heterocycles. The number of fused-ring (bicyclic) bond motifs is 1. The first-order chi connectivity index (χ1) is 16.0. The van der Waals surface area contributed by atoms with Crippen LogP contribution in [0.15, 0.2) is 67.3 Å². The van der Waals surface area contributed by atoms with E-state index in [2.05, 4.69) is 51.3 Å². The van der Waals surface area contributed by atoms with Gasteiger partial charge in [0.1, 0.15) is 13.2 Å². The first kappa shape index (κ1) is 22.3. The van der Waals surface area contributed by atoms with Crippen LogP contribution in [0, 0.1) is 0 Å². The van der Waals surface area contributed by atoms with Crippen LogP contribution < -0.4 is 4.90 Å². The van der Waals surface area contributed by atoms with E-state index in [4.69, 9.17) is 4.74 Å². The highest BCUT2D eigenvalue weighted by Gasteiger charge is 2.18. The first-order valence-corrected chi connectivity index (χ1v) is 10.9. The van der Waals surface area contributed by atoms with Gasteiger partial charge in [0.25, 0.3) is 6.47 Å². The molecule has 0 aliphatic carbocycles. The van der Waals surface area contributed by atoms with Crippen LogP contribution in [-0.2, 0) is 16.6 Å². The topological polar surface area (TPSA) is 67.7 Å². The largest absolute Gasteiger partial charge is 0.460 e. The van der Waals surface area contributed by atoms with Crippen molar-refractivity contribution in [3.8, 4) is 11.1 Å². The second-order valence-electron chi connectivity index (χ2n) is 8.07. The van der Waals surface area contributed by atoms with Crippen LogP contribution in [0.2, 0.25) is 0 Å². The lowest BCUT2D eigenvalue weighted by Gasteiger charge is -2.22. The summed E-state index contributed by atoms with van der Waals surface area (Å²) >= 11 is 0. The number of likely N-dealkylation sites (N-methyl/N-ethyl adjacent to an activating group) is 1. The smallest absolute Gasteiger partial charge is 0.293 e. The van der Waals surface area contributed by atoms with E-state index in [-0.39, 0.29) is 6.10 Å². The van der Waals surface area contributed by atoms with Gasteiger partial charge in [0.2, 0.25) is 0 Å². The molecule has 4 aromatic rings. The zero-order valence-corrected chi connectivity index (χ0v) is 19.2. The summed E-state index contributed by atoms with van der Waals surface area (Å²) in [6, 6.07) is 13.9. The summed E-state index contributed by atoms with van der Waals surface area (Å²) in [6.45, 7) is 5.31. The van der Waals surface area contributed by atoms with Gasteiger partial charge in [0.15, 0.2) is 12.8 Å². The van der Waals surface area contributed by atoms with Crippen molar-refractivity contribution >= 4 is 23.9 Å². The third kappa shape index (κ3) is 5.28. The minimum atomic E-state index is -0.145. The van der Waals surface area contributed by atoms with Crippen molar-refractivity contribution in [1.29, 1.82) is 0 Å². The Labute approximate surface area is 193 Å². The maximum atomic E-state index is 9.97. The predicted octanol–water partition coefficient (Wildman–Crippen LogP) is 3.19. The second-order valence-corrected chi connectivity index (χ2v) is 8.07. The number of hydrogen-bond donors (Lipinski definition) is 0. The van der Waals surface area contributed by atoms with Crippen LogP contribution in [0.3, 0.4) is 0 Å². The third-order valence-electron chi connectivity index (χ3n) is 5.74. The quantitative estimate of drug-likeness (QED) is 0.349. The van der Waals surface area contributed by atoms with Crippen molar-refractivity contribution in [3.05, 3.63) is 72.8 Å². The molecule has 0 N–H and O–H groups in total. The van der Waals surface area contributed by atoms with E-state index in [9.17, 15) is 4.79 Å². The maximum absolute atomic E-state index is 9.97. The lowest BCUT2D eigenvalue weighted by molar-refractivity contribution is -0.493. The molecule has 1 atom stereocenters. The van der Waals surface area contributed by atoms with Gasteiger partial charge < -0.3 is 9.64 Å². The van der Waals surface area contributed by atoms with E-state index in [1.54, 1.807) is 0 Å². The van der Waals surface area contributed by atoms with Gasteiger partial charge in [-0.15, -0.1) is 0 Å². The van der Waals surface area contributed by atoms with Crippen LogP contribution in [0.1, 0.15) is 18.6 Å². The van der Waals surface area contributed by atoms with Crippen LogP contribution in [0.4, 0.5) is 5.69 Å². The van der Waals surface area contributed by atoms with Crippen LogP contribution in [0.5, 0.6) is 0 Å². The SMILES string of the molecule is CC(OC=O)c1ccccc1.Cn1cc(-c2ccc3c(N4CC=[N+](C)CC4)cnn3c2)cn1. The summed E-state index contributed by atoms with van der Waals surface area (Å²) in [5, 5.41) is 8.75. The molecular weight excluding hydrogens is 416 g/mol. The molecule has 3 aromatic heterocycles. The van der Waals surface area contributed by atoms with Gasteiger partial charge >= 0.3 is 0 Å². The summed E-state index contributed by atoms with van der Waals surface area (Å²) in [6.07, 6.45) is 9.99. The number of benzene rings is 1. The molecule has 170 valence electrons. The van der Waals surface area contributed by atoms with Crippen LogP contribution in [0.25, 0.3) is 16.6 Å². The van der Waals surface area contributed by atoms with Crippen LogP contribution in [-0.4, -0.2) is 63.3 Å². The Morgan fingerprint density at radius 2 is 1.88 bits per heavy atom. The number of aryl methyl sites for hydroxylation is 1. The molecule has 0 saturated carbocycles.